The van der Waals surface area contributed by atoms with Gasteiger partial charge in [-0.1, -0.05) is 41.5 Å². The molecule has 1 aliphatic heterocycles. The molecule has 0 N–H and O–H groups in total. The molecule has 1 aromatic heterocycles. The minimum atomic E-state index is 0.0227. The van der Waals surface area contributed by atoms with Gasteiger partial charge in [0.15, 0.2) is 5.17 Å². The smallest absolute Gasteiger partial charge is 0.266 e. The zero-order valence-corrected chi connectivity index (χ0v) is 18.3. The molecule has 2 fully saturated rings. The fraction of sp³-hybridized carbons (Fsp3) is 0.250. The Bertz CT molecular complexity index is 1120. The molecule has 1 saturated heterocycles. The first-order valence-corrected chi connectivity index (χ1v) is 11.4. The standard InChI is InChI=1S/C24H22N2OS2/c1-14-4-7-16(8-5-14)21-11-9-17(28-21)12-22-23(27)26(3)24(29-22)25-20-10-6-15(2)18-13-19(18)20/h4-12,18-19H,13H2,1-3H3/b22-12-,25-24?. The first-order chi connectivity index (χ1) is 14.0. The molecule has 5 rings (SSSR count). The van der Waals surface area contributed by atoms with E-state index in [1.165, 1.54) is 39.8 Å². The van der Waals surface area contributed by atoms with E-state index in [-0.39, 0.29) is 5.91 Å². The second-order valence-corrected chi connectivity index (χ2v) is 10.0. The van der Waals surface area contributed by atoms with E-state index in [4.69, 9.17) is 4.99 Å². The summed E-state index contributed by atoms with van der Waals surface area (Å²) in [7, 11) is 1.82. The molecule has 1 aromatic carbocycles. The molecule has 2 unspecified atom stereocenters. The molecule has 29 heavy (non-hydrogen) atoms. The minimum Gasteiger partial charge on any atom is -0.290 e. The van der Waals surface area contributed by atoms with Gasteiger partial charge in [0.25, 0.3) is 5.91 Å². The average molecular weight is 419 g/mol. The lowest BCUT2D eigenvalue weighted by molar-refractivity contribution is -0.121. The zero-order valence-electron chi connectivity index (χ0n) is 16.7. The van der Waals surface area contributed by atoms with Crippen LogP contribution >= 0.6 is 23.1 Å². The van der Waals surface area contributed by atoms with Gasteiger partial charge < -0.3 is 0 Å². The number of thiophene rings is 1. The van der Waals surface area contributed by atoms with E-state index in [9.17, 15) is 4.79 Å². The van der Waals surface area contributed by atoms with Gasteiger partial charge in [-0.15, -0.1) is 11.3 Å². The Morgan fingerprint density at radius 1 is 1.07 bits per heavy atom. The van der Waals surface area contributed by atoms with E-state index in [0.717, 1.165) is 20.6 Å². The highest BCUT2D eigenvalue weighted by atomic mass is 32.2. The van der Waals surface area contributed by atoms with Crippen molar-refractivity contribution in [1.82, 2.24) is 4.90 Å². The summed E-state index contributed by atoms with van der Waals surface area (Å²) in [4.78, 5) is 22.3. The summed E-state index contributed by atoms with van der Waals surface area (Å²) in [5.74, 6) is 1.22. The predicted molar refractivity (Wildman–Crippen MR) is 124 cm³/mol. The quantitative estimate of drug-likeness (QED) is 0.564. The summed E-state index contributed by atoms with van der Waals surface area (Å²) in [6.07, 6.45) is 7.47. The lowest BCUT2D eigenvalue weighted by Crippen LogP contribution is -2.24. The highest BCUT2D eigenvalue weighted by Gasteiger charge is 2.43. The highest BCUT2D eigenvalue weighted by Crippen LogP contribution is 2.52. The van der Waals surface area contributed by atoms with Crippen LogP contribution < -0.4 is 0 Å². The molecule has 1 saturated carbocycles. The van der Waals surface area contributed by atoms with Crippen LogP contribution in [0.2, 0.25) is 0 Å². The molecule has 146 valence electrons. The molecule has 2 aromatic rings. The van der Waals surface area contributed by atoms with Crippen LogP contribution in [0.4, 0.5) is 0 Å². The Balaban J connectivity index is 1.38. The lowest BCUT2D eigenvalue weighted by atomic mass is 10.0. The van der Waals surface area contributed by atoms with E-state index < -0.39 is 0 Å². The van der Waals surface area contributed by atoms with Gasteiger partial charge in [-0.25, -0.2) is 4.99 Å². The number of carbonyl (C=O) groups is 1. The highest BCUT2D eigenvalue weighted by molar-refractivity contribution is 8.18. The van der Waals surface area contributed by atoms with Crippen molar-refractivity contribution < 1.29 is 4.79 Å². The number of benzene rings is 1. The SMILES string of the molecule is CC1=CC=C(N=C2S/C(=C\c3ccc(-c4ccc(C)cc4)s3)C(=O)N2C)C2CC12. The Hall–Kier alpha value is -2.37. The van der Waals surface area contributed by atoms with Crippen LogP contribution in [0.5, 0.6) is 0 Å². The minimum absolute atomic E-state index is 0.0227. The number of allylic oxidation sites excluding steroid dienone is 4. The zero-order chi connectivity index (χ0) is 20.1. The van der Waals surface area contributed by atoms with Crippen LogP contribution in [-0.4, -0.2) is 23.0 Å². The van der Waals surface area contributed by atoms with Gasteiger partial charge in [0.05, 0.1) is 4.91 Å². The largest absolute Gasteiger partial charge is 0.290 e. The Kier molecular flexibility index (Phi) is 4.60. The van der Waals surface area contributed by atoms with Crippen molar-refractivity contribution in [2.24, 2.45) is 16.8 Å². The molecule has 3 nitrogen and oxygen atoms in total. The molecule has 3 aliphatic rings. The Morgan fingerprint density at radius 2 is 1.86 bits per heavy atom. The summed E-state index contributed by atoms with van der Waals surface area (Å²) in [5.41, 5.74) is 5.03. The Labute approximate surface area is 179 Å². The predicted octanol–water partition coefficient (Wildman–Crippen LogP) is 6.11. The van der Waals surface area contributed by atoms with Crippen molar-refractivity contribution in [2.75, 3.05) is 7.05 Å². The first kappa shape index (κ1) is 18.6. The number of nitrogens with zero attached hydrogens (tertiary/aromatic N) is 2. The van der Waals surface area contributed by atoms with Gasteiger partial charge in [-0.3, -0.25) is 9.69 Å². The van der Waals surface area contributed by atoms with Crippen molar-refractivity contribution in [3.8, 4) is 10.4 Å². The number of hydrogen-bond donors (Lipinski definition) is 0. The molecule has 2 aliphatic carbocycles. The second-order valence-electron chi connectivity index (χ2n) is 7.89. The number of aliphatic imine (C=N–C) groups is 1. The Morgan fingerprint density at radius 3 is 2.66 bits per heavy atom. The molecule has 2 heterocycles. The normalized spacial score (nSPS) is 26.0. The van der Waals surface area contributed by atoms with Gasteiger partial charge in [-0.2, -0.15) is 0 Å². The van der Waals surface area contributed by atoms with Crippen LogP contribution in [0.3, 0.4) is 0 Å². The number of fused-ring (bicyclic) bond motifs is 1. The van der Waals surface area contributed by atoms with E-state index in [0.29, 0.717) is 11.8 Å². The number of aryl methyl sites for hydroxylation is 1. The number of amides is 1. The third-order valence-electron chi connectivity index (χ3n) is 5.74. The fourth-order valence-electron chi connectivity index (χ4n) is 3.80. The van der Waals surface area contributed by atoms with Crippen LogP contribution in [0, 0.1) is 18.8 Å². The summed E-state index contributed by atoms with van der Waals surface area (Å²) < 4.78 is 0. The number of carbonyl (C=O) groups excluding carboxylic acids is 1. The number of rotatable bonds is 3. The monoisotopic (exact) mass is 418 g/mol. The number of likely N-dealkylation sites (N-methyl/N-ethyl adjacent to an activating group) is 1. The molecule has 0 bridgehead atoms. The molecule has 0 radical (unpaired) electrons. The molecule has 5 heteroatoms. The third-order valence-corrected chi connectivity index (χ3v) is 7.88. The maximum Gasteiger partial charge on any atom is 0.266 e. The van der Waals surface area contributed by atoms with Gasteiger partial charge >= 0.3 is 0 Å². The van der Waals surface area contributed by atoms with Gasteiger partial charge in [-0.05, 0) is 67.8 Å². The molecular weight excluding hydrogens is 396 g/mol. The maximum absolute atomic E-state index is 12.7. The van der Waals surface area contributed by atoms with Crippen molar-refractivity contribution in [3.63, 3.8) is 0 Å². The van der Waals surface area contributed by atoms with Crippen LogP contribution in [-0.2, 0) is 4.79 Å². The average Bonchev–Trinajstić information content (AvgIpc) is 3.34. The first-order valence-electron chi connectivity index (χ1n) is 9.81. The summed E-state index contributed by atoms with van der Waals surface area (Å²) >= 11 is 3.18. The molecule has 1 amide bonds. The lowest BCUT2D eigenvalue weighted by Gasteiger charge is -2.11. The maximum atomic E-state index is 12.7. The van der Waals surface area contributed by atoms with E-state index in [1.807, 2.05) is 13.1 Å². The molecule has 2 atom stereocenters. The van der Waals surface area contributed by atoms with Crippen molar-refractivity contribution in [2.45, 2.75) is 20.3 Å². The van der Waals surface area contributed by atoms with E-state index in [1.54, 1.807) is 16.2 Å². The van der Waals surface area contributed by atoms with E-state index in [2.05, 4.69) is 62.4 Å². The number of hydrogen-bond acceptors (Lipinski definition) is 4. The van der Waals surface area contributed by atoms with Crippen molar-refractivity contribution in [1.29, 1.82) is 0 Å². The van der Waals surface area contributed by atoms with Crippen molar-refractivity contribution in [3.05, 3.63) is 75.2 Å². The summed E-state index contributed by atoms with van der Waals surface area (Å²) in [5, 5.41) is 0.779. The third kappa shape index (κ3) is 3.53. The summed E-state index contributed by atoms with van der Waals surface area (Å²) in [6.45, 7) is 4.29. The van der Waals surface area contributed by atoms with Crippen molar-refractivity contribution >= 4 is 40.2 Å². The number of thioether (sulfide) groups is 1. The van der Waals surface area contributed by atoms with Gasteiger partial charge in [0, 0.05) is 28.4 Å². The van der Waals surface area contributed by atoms with Crippen LogP contribution in [0.25, 0.3) is 16.5 Å². The second kappa shape index (κ2) is 7.15. The van der Waals surface area contributed by atoms with Gasteiger partial charge in [0.2, 0.25) is 0 Å². The van der Waals surface area contributed by atoms with Crippen LogP contribution in [0.15, 0.2) is 69.7 Å². The van der Waals surface area contributed by atoms with E-state index >= 15 is 0 Å². The molecular formula is C24H22N2OS2. The summed E-state index contributed by atoms with van der Waals surface area (Å²) in [6, 6.07) is 12.8. The van der Waals surface area contributed by atoms with Crippen LogP contribution in [0.1, 0.15) is 23.8 Å². The topological polar surface area (TPSA) is 32.7 Å². The number of amidine groups is 1. The van der Waals surface area contributed by atoms with Gasteiger partial charge in [0.1, 0.15) is 0 Å². The fourth-order valence-corrected chi connectivity index (χ4v) is 5.81. The molecule has 0 spiro atoms.